The number of carbonyl (C=O) groups excluding carboxylic acids is 2. The molecule has 0 aromatic carbocycles. The highest BCUT2D eigenvalue weighted by molar-refractivity contribution is 5.91. The number of carbonyl (C=O) groups is 2. The van der Waals surface area contributed by atoms with Crippen LogP contribution in [-0.4, -0.2) is 35.1 Å². The maximum Gasteiger partial charge on any atom is 0.325 e. The summed E-state index contributed by atoms with van der Waals surface area (Å²) in [5, 5.41) is 4.35. The predicted octanol–water partition coefficient (Wildman–Crippen LogP) is -1.25. The molecule has 0 bridgehead atoms. The van der Waals surface area contributed by atoms with Gasteiger partial charge in [0.15, 0.2) is 0 Å². The monoisotopic (exact) mass is 256 g/mol. The van der Waals surface area contributed by atoms with Crippen LogP contribution in [0.1, 0.15) is 6.92 Å². The van der Waals surface area contributed by atoms with Gasteiger partial charge in [-0.05, 0) is 6.92 Å². The van der Waals surface area contributed by atoms with E-state index in [2.05, 4.69) is 20.4 Å². The fourth-order valence-corrected chi connectivity index (χ4v) is 1.03. The highest BCUT2D eigenvalue weighted by Gasteiger charge is 2.08. The Balaban J connectivity index is 2.52. The number of anilines is 1. The number of nitrogens with one attached hydrogen (secondary N) is 4. The Hall–Kier alpha value is -2.58. The van der Waals surface area contributed by atoms with Gasteiger partial charge in [-0.1, -0.05) is 0 Å². The minimum atomic E-state index is -0.763. The van der Waals surface area contributed by atoms with Crippen molar-refractivity contribution in [2.24, 2.45) is 0 Å². The molecule has 0 saturated heterocycles. The number of aromatic amines is 2. The molecule has 0 fully saturated rings. The molecule has 0 aliphatic rings. The van der Waals surface area contributed by atoms with Crippen LogP contribution in [0.5, 0.6) is 0 Å². The van der Waals surface area contributed by atoms with Gasteiger partial charge in [-0.25, -0.2) is 9.59 Å². The molecule has 0 unspecified atom stereocenters. The number of rotatable bonds is 4. The summed E-state index contributed by atoms with van der Waals surface area (Å²) < 4.78 is 4.59. The summed E-state index contributed by atoms with van der Waals surface area (Å²) >= 11 is 0. The van der Waals surface area contributed by atoms with Crippen LogP contribution in [0.25, 0.3) is 0 Å². The van der Waals surface area contributed by atoms with Crippen molar-refractivity contribution in [3.63, 3.8) is 0 Å². The van der Waals surface area contributed by atoms with Gasteiger partial charge in [0.25, 0.3) is 5.56 Å². The molecular weight excluding hydrogens is 244 g/mol. The van der Waals surface area contributed by atoms with E-state index < -0.39 is 23.2 Å². The fourth-order valence-electron chi connectivity index (χ4n) is 1.03. The molecule has 4 N–H and O–H groups in total. The zero-order chi connectivity index (χ0) is 13.5. The third-order valence-corrected chi connectivity index (χ3v) is 1.77. The lowest BCUT2D eigenvalue weighted by molar-refractivity contribution is -0.141. The molecule has 9 heteroatoms. The van der Waals surface area contributed by atoms with E-state index in [0.717, 1.165) is 6.20 Å². The number of urea groups is 1. The molecular formula is C9H12N4O5. The molecule has 2 amide bonds. The van der Waals surface area contributed by atoms with Crippen molar-refractivity contribution in [3.8, 4) is 0 Å². The number of esters is 1. The molecule has 18 heavy (non-hydrogen) atoms. The lowest BCUT2D eigenvalue weighted by atomic mass is 10.5. The van der Waals surface area contributed by atoms with E-state index in [9.17, 15) is 19.2 Å². The molecule has 0 radical (unpaired) electrons. The summed E-state index contributed by atoms with van der Waals surface area (Å²) in [5.74, 6) is -0.594. The van der Waals surface area contributed by atoms with Crippen LogP contribution in [0.3, 0.4) is 0 Å². The average molecular weight is 256 g/mol. The van der Waals surface area contributed by atoms with E-state index in [1.807, 2.05) is 4.98 Å². The molecule has 1 heterocycles. The van der Waals surface area contributed by atoms with Gasteiger partial charge >= 0.3 is 17.7 Å². The van der Waals surface area contributed by atoms with Crippen molar-refractivity contribution in [2.45, 2.75) is 6.92 Å². The first-order valence-electron chi connectivity index (χ1n) is 5.05. The minimum Gasteiger partial charge on any atom is -0.465 e. The van der Waals surface area contributed by atoms with Gasteiger partial charge in [0.1, 0.15) is 12.2 Å². The summed E-state index contributed by atoms with van der Waals surface area (Å²) in [4.78, 5) is 48.3. The second-order valence-corrected chi connectivity index (χ2v) is 3.10. The smallest absolute Gasteiger partial charge is 0.325 e. The third kappa shape index (κ3) is 4.12. The van der Waals surface area contributed by atoms with E-state index in [1.165, 1.54) is 0 Å². The lowest BCUT2D eigenvalue weighted by Gasteiger charge is -2.05. The van der Waals surface area contributed by atoms with E-state index in [-0.39, 0.29) is 18.8 Å². The zero-order valence-corrected chi connectivity index (χ0v) is 9.53. The van der Waals surface area contributed by atoms with E-state index in [1.54, 1.807) is 6.92 Å². The Morgan fingerprint density at radius 3 is 2.72 bits per heavy atom. The Bertz CT molecular complexity index is 546. The van der Waals surface area contributed by atoms with Gasteiger partial charge in [-0.2, -0.15) is 0 Å². The quantitative estimate of drug-likeness (QED) is 0.499. The minimum absolute atomic E-state index is 0.143. The van der Waals surface area contributed by atoms with Gasteiger partial charge in [0, 0.05) is 6.20 Å². The Morgan fingerprint density at radius 2 is 2.11 bits per heavy atom. The largest absolute Gasteiger partial charge is 0.465 e. The summed E-state index contributed by atoms with van der Waals surface area (Å²) in [6.07, 6.45) is 1.05. The van der Waals surface area contributed by atoms with Gasteiger partial charge in [0.05, 0.1) is 6.61 Å². The third-order valence-electron chi connectivity index (χ3n) is 1.77. The second kappa shape index (κ2) is 6.23. The van der Waals surface area contributed by atoms with Crippen LogP contribution in [0.15, 0.2) is 15.8 Å². The predicted molar refractivity (Wildman–Crippen MR) is 61.3 cm³/mol. The molecule has 1 aromatic heterocycles. The molecule has 0 aliphatic heterocycles. The number of H-pyrrole nitrogens is 2. The highest BCUT2D eigenvalue weighted by atomic mass is 16.5. The first kappa shape index (κ1) is 13.5. The fraction of sp³-hybridized carbons (Fsp3) is 0.333. The van der Waals surface area contributed by atoms with E-state index >= 15 is 0 Å². The number of amides is 2. The zero-order valence-electron chi connectivity index (χ0n) is 9.53. The lowest BCUT2D eigenvalue weighted by Crippen LogP contribution is -2.36. The summed E-state index contributed by atoms with van der Waals surface area (Å²) in [5.41, 5.74) is -1.57. The van der Waals surface area contributed by atoms with Crippen LogP contribution in [-0.2, 0) is 9.53 Å². The number of hydrogen-bond donors (Lipinski definition) is 4. The maximum atomic E-state index is 11.3. The molecule has 1 rings (SSSR count). The Kier molecular flexibility index (Phi) is 4.67. The molecule has 9 nitrogen and oxygen atoms in total. The summed E-state index contributed by atoms with van der Waals surface area (Å²) in [6, 6.07) is -0.763. The number of aromatic nitrogens is 2. The van der Waals surface area contributed by atoms with Crippen LogP contribution in [0.4, 0.5) is 10.5 Å². The van der Waals surface area contributed by atoms with Gasteiger partial charge in [-0.15, -0.1) is 0 Å². The van der Waals surface area contributed by atoms with Crippen molar-refractivity contribution >= 4 is 17.7 Å². The molecule has 0 saturated carbocycles. The van der Waals surface area contributed by atoms with Crippen molar-refractivity contribution in [2.75, 3.05) is 18.5 Å². The second-order valence-electron chi connectivity index (χ2n) is 3.10. The Morgan fingerprint density at radius 1 is 1.39 bits per heavy atom. The van der Waals surface area contributed by atoms with Crippen LogP contribution in [0.2, 0.25) is 0 Å². The summed E-state index contributed by atoms with van der Waals surface area (Å²) in [6.45, 7) is 1.53. The SMILES string of the molecule is CCOC(=O)CNC(=O)Nc1c[nH]c(=O)[nH]c1=O. The van der Waals surface area contributed by atoms with Crippen molar-refractivity contribution in [1.82, 2.24) is 15.3 Å². The first-order chi connectivity index (χ1) is 8.52. The van der Waals surface area contributed by atoms with Crippen LogP contribution >= 0.6 is 0 Å². The normalized spacial score (nSPS) is 9.61. The maximum absolute atomic E-state index is 11.3. The Labute approximate surface area is 101 Å². The van der Waals surface area contributed by atoms with Gasteiger partial charge < -0.3 is 20.4 Å². The summed E-state index contributed by atoms with van der Waals surface area (Å²) in [7, 11) is 0. The topological polar surface area (TPSA) is 133 Å². The number of ether oxygens (including phenoxy) is 1. The average Bonchev–Trinajstić information content (AvgIpc) is 2.31. The molecule has 0 aliphatic carbocycles. The van der Waals surface area contributed by atoms with Gasteiger partial charge in [0.2, 0.25) is 0 Å². The first-order valence-corrected chi connectivity index (χ1v) is 5.05. The molecule has 0 atom stereocenters. The van der Waals surface area contributed by atoms with Crippen molar-refractivity contribution in [1.29, 1.82) is 0 Å². The van der Waals surface area contributed by atoms with Crippen molar-refractivity contribution < 1.29 is 14.3 Å². The van der Waals surface area contributed by atoms with E-state index in [0.29, 0.717) is 0 Å². The van der Waals surface area contributed by atoms with E-state index in [4.69, 9.17) is 0 Å². The van der Waals surface area contributed by atoms with Crippen molar-refractivity contribution in [3.05, 3.63) is 27.0 Å². The standard InChI is InChI=1S/C9H12N4O5/c1-2-18-6(14)4-11-8(16)12-5-3-10-9(17)13-7(5)15/h3H,2,4H2,1H3,(H2,11,12,16)(H2,10,13,15,17). The molecule has 98 valence electrons. The molecule has 1 aromatic rings. The van der Waals surface area contributed by atoms with Crippen LogP contribution < -0.4 is 21.9 Å². The van der Waals surface area contributed by atoms with Gasteiger partial charge in [-0.3, -0.25) is 14.6 Å². The highest BCUT2D eigenvalue weighted by Crippen LogP contribution is 1.91. The molecule has 0 spiro atoms. The number of hydrogen-bond acceptors (Lipinski definition) is 5. The van der Waals surface area contributed by atoms with Crippen LogP contribution in [0, 0.1) is 0 Å².